The van der Waals surface area contributed by atoms with Gasteiger partial charge in [0.25, 0.3) is 0 Å². The summed E-state index contributed by atoms with van der Waals surface area (Å²) in [6.45, 7) is -1.33. The van der Waals surface area contributed by atoms with Crippen molar-refractivity contribution in [2.75, 3.05) is 27.0 Å². The maximum atomic E-state index is 14.0. The number of hydrogen-bond donors (Lipinski definition) is 6. The second kappa shape index (κ2) is 55.2. The predicted octanol–water partition coefficient (Wildman–Crippen LogP) is 0.302. The Labute approximate surface area is 923 Å². The molecule has 16 rings (SSSR count). The number of carbonyl (C=O) groups excluding carboxylic acids is 6. The van der Waals surface area contributed by atoms with Gasteiger partial charge < -0.3 is 29.5 Å². The fraction of sp³-hybridized carbons (Fsp3) is 0.0600. The van der Waals surface area contributed by atoms with Crippen molar-refractivity contribution < 1.29 is 212 Å². The molecule has 0 aliphatic carbocycles. The molecule has 0 fully saturated rings. The molecule has 16 aromatic carbocycles. The Morgan fingerprint density at radius 1 is 0.342 bits per heavy atom. The normalized spacial score (nSPS) is 11.3. The average molecular weight is 2070 g/mol. The second-order valence-electron chi connectivity index (χ2n) is 30.2. The minimum atomic E-state index is -4.85. The molecule has 0 spiro atoms. The van der Waals surface area contributed by atoms with Gasteiger partial charge in [0.2, 0.25) is 52.1 Å². The van der Waals surface area contributed by atoms with Gasteiger partial charge in [-0.05, 0) is 202 Å². The van der Waals surface area contributed by atoms with Gasteiger partial charge in [0.1, 0.15) is 37.6 Å². The van der Waals surface area contributed by atoms with Crippen LogP contribution in [0.2, 0.25) is 0 Å². The first-order chi connectivity index (χ1) is 68.8. The van der Waals surface area contributed by atoms with Gasteiger partial charge in [-0.25, -0.2) is 45.6 Å². The van der Waals surface area contributed by atoms with Gasteiger partial charge in [0.15, 0.2) is 10.7 Å². The average Bonchev–Trinajstić information content (AvgIpc) is 0.789. The van der Waals surface area contributed by atoms with E-state index in [9.17, 15) is 89.5 Å². The van der Waals surface area contributed by atoms with Crippen LogP contribution in [-0.4, -0.2) is 67.5 Å². The van der Waals surface area contributed by atoms with Crippen molar-refractivity contribution in [3.63, 3.8) is 0 Å². The van der Waals surface area contributed by atoms with E-state index in [-0.39, 0.29) is 162 Å². The number of aliphatic hydroxyl groups excluding tert-OH is 1. The SMILES string of the molecule is O=C=Nc1ccc(Cc2cc(Cc3ccc(NC(=O)OCc4cc(=NNc5ccc(S(=O)(=O)[O-])c6ccccc56)c(=O)c(=NNc5ccc(SOO[O-])c6ccccc56)c4=O)cc3)ccc2N=C=O)cc1.O=C=Nc1ccc(Cc2ccc(N=C=O)c(Cc3ccc(N=C=O)cc3)c2)cc1.O=c1c(CO)cc(=NNc2ccc(S(=O)(=O)[O-])c3ccccc23)c(=O)c1=NNc1ccc(SOO[O-])c2ccccc12.[Na+].[Na+].[Na+].[Na+]. The van der Waals surface area contributed by atoms with E-state index >= 15 is 0 Å². The number of aliphatic imine (C=N–C) groups is 5. The monoisotopic (exact) mass is 2070 g/mol. The van der Waals surface area contributed by atoms with Crippen LogP contribution in [0.4, 0.5) is 61.7 Å². The number of hydrogen-bond acceptors (Lipinski definition) is 39. The van der Waals surface area contributed by atoms with E-state index in [1.807, 2.05) is 60.7 Å². The third-order valence-corrected chi connectivity index (χ3v) is 24.5. The zero-order chi connectivity index (χ0) is 100. The van der Waals surface area contributed by atoms with Crippen LogP contribution in [0, 0.1) is 0 Å². The van der Waals surface area contributed by atoms with Crippen molar-refractivity contribution >= 4 is 181 Å². The van der Waals surface area contributed by atoms with Gasteiger partial charge >= 0.3 is 124 Å². The van der Waals surface area contributed by atoms with Crippen molar-refractivity contribution in [3.8, 4) is 0 Å². The van der Waals surface area contributed by atoms with Crippen molar-refractivity contribution in [2.24, 2.45) is 45.4 Å². The number of ether oxygens (including phenoxy) is 1. The summed E-state index contributed by atoms with van der Waals surface area (Å²) in [6, 6.07) is 79.4. The fourth-order valence-electron chi connectivity index (χ4n) is 14.8. The minimum absolute atomic E-state index is 0. The van der Waals surface area contributed by atoms with Crippen molar-refractivity contribution in [2.45, 2.75) is 58.5 Å². The van der Waals surface area contributed by atoms with E-state index in [0.717, 1.165) is 68.8 Å². The Balaban J connectivity index is 0.000000246. The van der Waals surface area contributed by atoms with Crippen molar-refractivity contribution in [1.82, 2.24) is 0 Å². The number of amides is 1. The molecule has 0 saturated heterocycles. The third-order valence-electron chi connectivity index (χ3n) is 21.4. The molecule has 0 unspecified atom stereocenters. The molecule has 708 valence electrons. The Hall–Kier alpha value is -13.4. The maximum absolute atomic E-state index is 14.0. The molecule has 1 amide bonds. The van der Waals surface area contributed by atoms with Crippen molar-refractivity contribution in [1.29, 1.82) is 0 Å². The minimum Gasteiger partial charge on any atom is -0.744 e. The smallest absolute Gasteiger partial charge is 0.744 e. The van der Waals surface area contributed by atoms with Crippen LogP contribution in [0.3, 0.4) is 0 Å². The number of benzene rings is 16. The molecule has 6 N–H and O–H groups in total. The van der Waals surface area contributed by atoms with Gasteiger partial charge in [-0.1, -0.05) is 170 Å². The summed E-state index contributed by atoms with van der Waals surface area (Å²) in [6.07, 6.45) is 8.96. The van der Waals surface area contributed by atoms with E-state index < -0.39 is 81.8 Å². The molecule has 0 aliphatic heterocycles. The number of nitrogens with one attached hydrogen (secondary N) is 5. The first-order valence-electron chi connectivity index (χ1n) is 41.6. The summed E-state index contributed by atoms with van der Waals surface area (Å²) in [7, 11) is -9.61. The topological polar surface area (TPSA) is 569 Å². The van der Waals surface area contributed by atoms with Crippen LogP contribution >= 0.6 is 24.1 Å². The van der Waals surface area contributed by atoms with E-state index in [1.165, 1.54) is 42.5 Å². The number of anilines is 5. The molecule has 0 aliphatic rings. The summed E-state index contributed by atoms with van der Waals surface area (Å²) < 4.78 is 85.4. The van der Waals surface area contributed by atoms with E-state index in [4.69, 9.17) is 4.74 Å². The van der Waals surface area contributed by atoms with Gasteiger partial charge in [0, 0.05) is 58.9 Å². The van der Waals surface area contributed by atoms with Crippen LogP contribution in [0.25, 0.3) is 43.1 Å². The standard InChI is InChI=1S/C50H35N7O12S2.C27H20N4O9S2.C23H15N3O3.4Na/c58-28-51-35-14-9-31(10-15-35)24-33-25-32(13-18-41(33)52-29-59)23-30-11-16-36(17-12-30)53-50(62)67-27-34-26-44(56-54-43-20-22-46(71(64,65)66)40-8-4-2-6-38(40)43)49(61)47(48(34)60)57-55-42-19-21-45(70-69-68-63)39-7-3-1-5-37(39)42;32-14-15-13-22(30-28-21-10-12-24(42(36,37)38)19-8-4-2-6-17(19)21)27(34)25(26(15)33)31-29-20-9-11-23(41-40-39-35)18-7-3-1-5-16(18)20;27-14-24-21-6-1-17(2-7-21)11-19-5-10-23(26-16-29)20(13-19)12-18-3-8-22(9-4-18)25-15-28;;;;/h1-22,25-26,54-55,63H,23-24,27H2,(H,53,62)(H,64,65,66);1-13,28-29,32,35H,14H2,(H,36,37,38);1-10,13H,11-12H2;;;;/q;;;4*+1/p-4. The van der Waals surface area contributed by atoms with Gasteiger partial charge in [-0.15, -0.1) is 0 Å². The zero-order valence-electron chi connectivity index (χ0n) is 77.0. The first-order valence-corrected chi connectivity index (χ1v) is 45.9. The molecule has 46 heteroatoms. The molecule has 146 heavy (non-hydrogen) atoms. The molecule has 0 heterocycles. The number of aliphatic hydroxyl groups is 1. The van der Waals surface area contributed by atoms with E-state index in [1.54, 1.807) is 194 Å². The van der Waals surface area contributed by atoms with Gasteiger partial charge in [-0.2, -0.15) is 54.0 Å². The molecular weight excluding hydrogens is 2000 g/mol. The summed E-state index contributed by atoms with van der Waals surface area (Å²) in [5, 5.41) is 58.2. The van der Waals surface area contributed by atoms with Gasteiger partial charge in [-0.3, -0.25) is 56.3 Å². The molecule has 0 bridgehead atoms. The second-order valence-corrected chi connectivity index (χ2v) is 34.4. The van der Waals surface area contributed by atoms with Gasteiger partial charge in [0.05, 0.1) is 91.7 Å². The molecule has 0 atom stereocenters. The number of rotatable bonds is 33. The zero-order valence-corrected chi connectivity index (χ0v) is 88.2. The molecule has 16 aromatic rings. The number of carbonyl (C=O) groups is 1. The third kappa shape index (κ3) is 29.9. The Morgan fingerprint density at radius 2 is 0.658 bits per heavy atom. The van der Waals surface area contributed by atoms with Crippen molar-refractivity contribution in [3.05, 3.63) is 409 Å². The van der Waals surface area contributed by atoms with E-state index in [0.29, 0.717) is 137 Å². The number of fused-ring (bicyclic) bond motifs is 4. The Bertz CT molecular complexity index is 8610. The van der Waals surface area contributed by atoms with Crippen LogP contribution in [0.1, 0.15) is 55.6 Å². The van der Waals surface area contributed by atoms with Crippen LogP contribution in [-0.2, 0) is 107 Å². The molecule has 0 saturated carbocycles. The summed E-state index contributed by atoms with van der Waals surface area (Å²) >= 11 is 1.38. The predicted molar refractivity (Wildman–Crippen MR) is 516 cm³/mol. The Morgan fingerprint density at radius 3 is 1.01 bits per heavy atom. The molecule has 0 aromatic heterocycles. The molecule has 38 nitrogen and oxygen atoms in total. The largest absolute Gasteiger partial charge is 1.00 e. The summed E-state index contributed by atoms with van der Waals surface area (Å²) in [5.41, 5.74) is 18.8. The summed E-state index contributed by atoms with van der Waals surface area (Å²) in [4.78, 5) is 139. The van der Waals surface area contributed by atoms with Crippen LogP contribution in [0.5, 0.6) is 0 Å². The fourth-order valence-corrected chi connectivity index (χ4v) is 17.2. The number of isocyanates is 5. The molecule has 0 radical (unpaired) electrons. The maximum Gasteiger partial charge on any atom is 1.00 e. The van der Waals surface area contributed by atoms with Crippen LogP contribution in [0.15, 0.2) is 375 Å². The number of nitrogens with zero attached hydrogens (tertiary/aromatic N) is 9. The first kappa shape index (κ1) is 115. The quantitative estimate of drug-likeness (QED) is 0.00613. The Kier molecular flexibility index (Phi) is 43.3. The van der Waals surface area contributed by atoms with E-state index in [2.05, 4.69) is 91.1 Å². The molecular formula is C100H66N14Na4O24S4. The van der Waals surface area contributed by atoms with Crippen LogP contribution < -0.4 is 199 Å². The summed E-state index contributed by atoms with van der Waals surface area (Å²) in [5.74, 6) is 0.